The number of piperazine rings is 1. The minimum absolute atomic E-state index is 0.340. The molecule has 0 unspecified atom stereocenters. The molecule has 3 fully saturated rings. The normalized spacial score (nSPS) is 26.5. The number of likely N-dealkylation sites (N-methyl/N-ethyl adjacent to an activating group) is 1. The Morgan fingerprint density at radius 3 is 2.04 bits per heavy atom. The van der Waals surface area contributed by atoms with Gasteiger partial charge in [-0.15, -0.1) is 0 Å². The van der Waals surface area contributed by atoms with E-state index in [4.69, 9.17) is 0 Å². The van der Waals surface area contributed by atoms with E-state index in [1.807, 2.05) is 0 Å². The molecule has 0 radical (unpaired) electrons. The quantitative estimate of drug-likeness (QED) is 0.791. The fraction of sp³-hybridized carbons (Fsp3) is 0.947. The Kier molecular flexibility index (Phi) is 6.93. The minimum atomic E-state index is 0.340. The molecule has 0 bridgehead atoms. The lowest BCUT2D eigenvalue weighted by Crippen LogP contribution is -2.52. The van der Waals surface area contributed by atoms with Crippen LogP contribution >= 0.6 is 0 Å². The predicted molar refractivity (Wildman–Crippen MR) is 98.2 cm³/mol. The van der Waals surface area contributed by atoms with Gasteiger partial charge in [-0.25, -0.2) is 0 Å². The number of likely N-dealkylation sites (tertiary alicyclic amines) is 1. The van der Waals surface area contributed by atoms with Gasteiger partial charge in [0.1, 0.15) is 0 Å². The molecule has 0 aromatic rings. The molecular formula is C19H36N4O. The number of hydrogen-bond donors (Lipinski definition) is 1. The number of nitrogens with zero attached hydrogens (tertiary/aromatic N) is 3. The van der Waals surface area contributed by atoms with Crippen molar-refractivity contribution in [1.82, 2.24) is 20.0 Å². The van der Waals surface area contributed by atoms with Gasteiger partial charge in [0.15, 0.2) is 0 Å². The van der Waals surface area contributed by atoms with Crippen LogP contribution in [0.5, 0.6) is 0 Å². The number of nitrogens with one attached hydrogen (secondary N) is 1. The summed E-state index contributed by atoms with van der Waals surface area (Å²) in [6.07, 6.45) is 10.6. The highest BCUT2D eigenvalue weighted by atomic mass is 16.2. The van der Waals surface area contributed by atoms with Crippen molar-refractivity contribution in [3.8, 4) is 0 Å². The molecule has 1 aliphatic carbocycles. The van der Waals surface area contributed by atoms with Gasteiger partial charge in [-0.05, 0) is 32.7 Å². The second-order valence-electron chi connectivity index (χ2n) is 8.09. The van der Waals surface area contributed by atoms with E-state index in [1.54, 1.807) is 0 Å². The van der Waals surface area contributed by atoms with E-state index >= 15 is 0 Å². The topological polar surface area (TPSA) is 38.8 Å². The zero-order valence-electron chi connectivity index (χ0n) is 15.5. The van der Waals surface area contributed by atoms with E-state index in [-0.39, 0.29) is 0 Å². The fourth-order valence-corrected chi connectivity index (χ4v) is 4.37. The van der Waals surface area contributed by atoms with E-state index in [0.717, 1.165) is 58.2 Å². The van der Waals surface area contributed by atoms with Crippen molar-refractivity contribution in [2.45, 2.75) is 63.5 Å². The standard InChI is InChI=1S/C19H36N4O/c1-21-12-14-22(15-13-21)16-19(24)23-10-8-18(9-11-23)20-17-6-4-2-3-5-7-17/h17-18,20H,2-16H2,1H3. The Labute approximate surface area is 147 Å². The monoisotopic (exact) mass is 336 g/mol. The smallest absolute Gasteiger partial charge is 0.236 e. The van der Waals surface area contributed by atoms with E-state index in [0.29, 0.717) is 18.5 Å². The van der Waals surface area contributed by atoms with Crippen LogP contribution in [0, 0.1) is 0 Å². The first-order valence-electron chi connectivity index (χ1n) is 10.2. The molecule has 0 aromatic heterocycles. The summed E-state index contributed by atoms with van der Waals surface area (Å²) in [5.74, 6) is 0.340. The van der Waals surface area contributed by atoms with Gasteiger partial charge in [0.25, 0.3) is 0 Å². The number of hydrogen-bond acceptors (Lipinski definition) is 4. The lowest BCUT2D eigenvalue weighted by atomic mass is 10.0. The lowest BCUT2D eigenvalue weighted by Gasteiger charge is -2.37. The molecule has 24 heavy (non-hydrogen) atoms. The fourth-order valence-electron chi connectivity index (χ4n) is 4.37. The molecule has 3 aliphatic rings. The highest BCUT2D eigenvalue weighted by Crippen LogP contribution is 2.20. The third kappa shape index (κ3) is 5.43. The van der Waals surface area contributed by atoms with Crippen LogP contribution in [-0.2, 0) is 4.79 Å². The Morgan fingerprint density at radius 1 is 0.833 bits per heavy atom. The number of amides is 1. The highest BCUT2D eigenvalue weighted by molar-refractivity contribution is 5.78. The summed E-state index contributed by atoms with van der Waals surface area (Å²) in [5, 5.41) is 3.89. The van der Waals surface area contributed by atoms with Crippen LogP contribution in [0.1, 0.15) is 51.4 Å². The zero-order valence-corrected chi connectivity index (χ0v) is 15.5. The lowest BCUT2D eigenvalue weighted by molar-refractivity contribution is -0.134. The molecule has 5 heteroatoms. The molecule has 5 nitrogen and oxygen atoms in total. The third-order valence-corrected chi connectivity index (χ3v) is 6.13. The van der Waals surface area contributed by atoms with Crippen molar-refractivity contribution in [3.63, 3.8) is 0 Å². The minimum Gasteiger partial charge on any atom is -0.341 e. The van der Waals surface area contributed by atoms with Crippen LogP contribution < -0.4 is 5.32 Å². The molecule has 3 rings (SSSR count). The van der Waals surface area contributed by atoms with Crippen LogP contribution in [0.25, 0.3) is 0 Å². The van der Waals surface area contributed by atoms with Crippen LogP contribution in [0.15, 0.2) is 0 Å². The molecule has 1 N–H and O–H groups in total. The molecule has 2 saturated heterocycles. The van der Waals surface area contributed by atoms with E-state index in [2.05, 4.69) is 27.1 Å². The van der Waals surface area contributed by atoms with Crippen LogP contribution in [0.4, 0.5) is 0 Å². The number of piperidine rings is 1. The summed E-state index contributed by atoms with van der Waals surface area (Å²) in [6, 6.07) is 1.35. The maximum atomic E-state index is 12.5. The molecule has 0 atom stereocenters. The van der Waals surface area contributed by atoms with Crippen molar-refractivity contribution in [1.29, 1.82) is 0 Å². The molecule has 0 aromatic carbocycles. The molecular weight excluding hydrogens is 300 g/mol. The third-order valence-electron chi connectivity index (χ3n) is 6.13. The van der Waals surface area contributed by atoms with E-state index in [1.165, 1.54) is 38.5 Å². The molecule has 2 aliphatic heterocycles. The number of carbonyl (C=O) groups is 1. The zero-order chi connectivity index (χ0) is 16.8. The predicted octanol–water partition coefficient (Wildman–Crippen LogP) is 1.54. The first kappa shape index (κ1) is 18.2. The van der Waals surface area contributed by atoms with Crippen LogP contribution in [0.2, 0.25) is 0 Å². The van der Waals surface area contributed by atoms with Gasteiger partial charge in [-0.2, -0.15) is 0 Å². The van der Waals surface area contributed by atoms with Gasteiger partial charge in [0.2, 0.25) is 5.91 Å². The Hall–Kier alpha value is -0.650. The summed E-state index contributed by atoms with van der Waals surface area (Å²) in [5.41, 5.74) is 0. The SMILES string of the molecule is CN1CCN(CC(=O)N2CCC(NC3CCCCCC3)CC2)CC1. The average molecular weight is 337 g/mol. The van der Waals surface area contributed by atoms with Gasteiger partial charge in [0, 0.05) is 51.4 Å². The average Bonchev–Trinajstić information content (AvgIpc) is 2.86. The second kappa shape index (κ2) is 9.16. The first-order chi connectivity index (χ1) is 11.7. The maximum Gasteiger partial charge on any atom is 0.236 e. The second-order valence-corrected chi connectivity index (χ2v) is 8.09. The van der Waals surface area contributed by atoms with E-state index in [9.17, 15) is 4.79 Å². The summed E-state index contributed by atoms with van der Waals surface area (Å²) < 4.78 is 0. The summed E-state index contributed by atoms with van der Waals surface area (Å²) in [6.45, 7) is 6.73. The van der Waals surface area contributed by atoms with Gasteiger partial charge >= 0.3 is 0 Å². The molecule has 1 amide bonds. The highest BCUT2D eigenvalue weighted by Gasteiger charge is 2.26. The van der Waals surface area contributed by atoms with Crippen molar-refractivity contribution in [2.24, 2.45) is 0 Å². The van der Waals surface area contributed by atoms with Crippen LogP contribution in [0.3, 0.4) is 0 Å². The molecule has 138 valence electrons. The summed E-state index contributed by atoms with van der Waals surface area (Å²) in [4.78, 5) is 19.3. The molecule has 2 heterocycles. The van der Waals surface area contributed by atoms with Gasteiger partial charge in [-0.3, -0.25) is 9.69 Å². The largest absolute Gasteiger partial charge is 0.341 e. The van der Waals surface area contributed by atoms with Gasteiger partial charge < -0.3 is 15.1 Å². The van der Waals surface area contributed by atoms with Crippen molar-refractivity contribution >= 4 is 5.91 Å². The Balaban J connectivity index is 1.35. The van der Waals surface area contributed by atoms with Gasteiger partial charge in [-0.1, -0.05) is 25.7 Å². The maximum absolute atomic E-state index is 12.5. The summed E-state index contributed by atoms with van der Waals surface area (Å²) in [7, 11) is 2.16. The van der Waals surface area contributed by atoms with Gasteiger partial charge in [0.05, 0.1) is 6.54 Å². The number of carbonyl (C=O) groups excluding carboxylic acids is 1. The van der Waals surface area contributed by atoms with Crippen LogP contribution in [-0.4, -0.2) is 85.6 Å². The first-order valence-corrected chi connectivity index (χ1v) is 10.2. The molecule has 0 spiro atoms. The Morgan fingerprint density at radius 2 is 1.42 bits per heavy atom. The molecule has 1 saturated carbocycles. The van der Waals surface area contributed by atoms with E-state index < -0.39 is 0 Å². The van der Waals surface area contributed by atoms with Crippen molar-refractivity contribution < 1.29 is 4.79 Å². The van der Waals surface area contributed by atoms with Crippen molar-refractivity contribution in [2.75, 3.05) is 52.9 Å². The van der Waals surface area contributed by atoms with Crippen molar-refractivity contribution in [3.05, 3.63) is 0 Å². The number of rotatable bonds is 4. The summed E-state index contributed by atoms with van der Waals surface area (Å²) >= 11 is 0. The Bertz CT molecular complexity index is 379.